The van der Waals surface area contributed by atoms with Crippen LogP contribution in [-0.2, 0) is 22.5 Å². The van der Waals surface area contributed by atoms with Gasteiger partial charge >= 0.3 is 6.09 Å². The molecule has 1 saturated heterocycles. The molecule has 1 atom stereocenters. The molecule has 2 aromatic carbocycles. The van der Waals surface area contributed by atoms with Gasteiger partial charge in [0.25, 0.3) is 0 Å². The second-order valence-electron chi connectivity index (χ2n) is 9.79. The summed E-state index contributed by atoms with van der Waals surface area (Å²) in [5, 5.41) is 2.78. The van der Waals surface area contributed by atoms with Crippen LogP contribution in [-0.4, -0.2) is 54.1 Å². The first-order valence-electron chi connectivity index (χ1n) is 11.8. The Morgan fingerprint density at radius 3 is 2.36 bits per heavy atom. The minimum atomic E-state index is -0.534. The molecule has 1 unspecified atom stereocenters. The van der Waals surface area contributed by atoms with Crippen molar-refractivity contribution in [1.29, 1.82) is 0 Å². The van der Waals surface area contributed by atoms with E-state index in [0.29, 0.717) is 13.0 Å². The number of rotatable bonds is 8. The molecule has 0 aliphatic carbocycles. The lowest BCUT2D eigenvalue weighted by Crippen LogP contribution is -2.39. The fraction of sp³-hybridized carbons (Fsp3) is 0.481. The number of hydrogen-bond acceptors (Lipinski definition) is 4. The number of carbonyl (C=O) groups excluding carboxylic acids is 2. The molecule has 3 rings (SSSR count). The molecule has 0 bridgehead atoms. The van der Waals surface area contributed by atoms with E-state index < -0.39 is 11.7 Å². The molecule has 0 aromatic heterocycles. The van der Waals surface area contributed by atoms with E-state index in [1.807, 2.05) is 75.2 Å². The molecule has 6 heteroatoms. The summed E-state index contributed by atoms with van der Waals surface area (Å²) in [6.45, 7) is 8.90. The van der Waals surface area contributed by atoms with Crippen molar-refractivity contribution >= 4 is 12.0 Å². The maximum atomic E-state index is 13.3. The Labute approximate surface area is 197 Å². The Morgan fingerprint density at radius 1 is 1.03 bits per heavy atom. The summed E-state index contributed by atoms with van der Waals surface area (Å²) in [6, 6.07) is 18.1. The highest BCUT2D eigenvalue weighted by Crippen LogP contribution is 2.24. The molecule has 33 heavy (non-hydrogen) atoms. The van der Waals surface area contributed by atoms with Crippen LogP contribution in [0.4, 0.5) is 4.79 Å². The Morgan fingerprint density at radius 2 is 1.70 bits per heavy atom. The van der Waals surface area contributed by atoms with E-state index in [2.05, 4.69) is 22.3 Å². The summed E-state index contributed by atoms with van der Waals surface area (Å²) >= 11 is 0. The van der Waals surface area contributed by atoms with Crippen molar-refractivity contribution in [2.24, 2.45) is 0 Å². The van der Waals surface area contributed by atoms with Crippen molar-refractivity contribution in [2.45, 2.75) is 58.2 Å². The maximum Gasteiger partial charge on any atom is 0.407 e. The molecule has 1 aliphatic heterocycles. The van der Waals surface area contributed by atoms with E-state index in [0.717, 1.165) is 36.3 Å². The zero-order valence-electron chi connectivity index (χ0n) is 20.3. The van der Waals surface area contributed by atoms with Crippen LogP contribution in [0, 0.1) is 0 Å². The van der Waals surface area contributed by atoms with Crippen molar-refractivity contribution in [3.8, 4) is 0 Å². The van der Waals surface area contributed by atoms with Gasteiger partial charge in [-0.2, -0.15) is 0 Å². The Kier molecular flexibility index (Phi) is 8.50. The van der Waals surface area contributed by atoms with Crippen molar-refractivity contribution < 1.29 is 14.3 Å². The van der Waals surface area contributed by atoms with Gasteiger partial charge in [-0.25, -0.2) is 4.79 Å². The minimum Gasteiger partial charge on any atom is -0.444 e. The first-order chi connectivity index (χ1) is 15.7. The number of likely N-dealkylation sites (N-methyl/N-ethyl adjacent to an activating group) is 1. The van der Waals surface area contributed by atoms with Gasteiger partial charge in [0.15, 0.2) is 0 Å². The van der Waals surface area contributed by atoms with E-state index >= 15 is 0 Å². The third-order valence-electron chi connectivity index (χ3n) is 5.86. The van der Waals surface area contributed by atoms with E-state index in [9.17, 15) is 9.59 Å². The van der Waals surface area contributed by atoms with Crippen molar-refractivity contribution in [1.82, 2.24) is 15.1 Å². The molecule has 0 saturated carbocycles. The highest BCUT2D eigenvalue weighted by molar-refractivity contribution is 5.79. The van der Waals surface area contributed by atoms with Gasteiger partial charge in [-0.1, -0.05) is 54.6 Å². The van der Waals surface area contributed by atoms with Gasteiger partial charge in [-0.15, -0.1) is 0 Å². The minimum absolute atomic E-state index is 0.0221. The lowest BCUT2D eigenvalue weighted by molar-refractivity contribution is -0.131. The van der Waals surface area contributed by atoms with E-state index in [1.54, 1.807) is 0 Å². The van der Waals surface area contributed by atoms with E-state index in [1.165, 1.54) is 12.8 Å². The normalized spacial score (nSPS) is 15.2. The van der Waals surface area contributed by atoms with Crippen LogP contribution in [0.25, 0.3) is 0 Å². The molecule has 6 nitrogen and oxygen atoms in total. The monoisotopic (exact) mass is 451 g/mol. The summed E-state index contributed by atoms with van der Waals surface area (Å²) in [4.78, 5) is 29.5. The number of amides is 2. The topological polar surface area (TPSA) is 61.9 Å². The predicted molar refractivity (Wildman–Crippen MR) is 131 cm³/mol. The number of ether oxygens (including phenoxy) is 1. The van der Waals surface area contributed by atoms with Crippen molar-refractivity contribution in [3.63, 3.8) is 0 Å². The standard InChI is InChI=1S/C27H37N3O3/c1-27(2,3)33-26(32)28-19-22-12-10-11-21(17-22)18-25(31)29(4)24(20-30-15-8-9-16-30)23-13-6-5-7-14-23/h5-7,10-14,17,24H,8-9,15-16,18-20H2,1-4H3,(H,28,32). The molecule has 2 aromatic rings. The second kappa shape index (κ2) is 11.3. The Balaban J connectivity index is 1.63. The van der Waals surface area contributed by atoms with Crippen LogP contribution >= 0.6 is 0 Å². The first kappa shape index (κ1) is 24.8. The number of benzene rings is 2. The lowest BCUT2D eigenvalue weighted by Gasteiger charge is -2.32. The molecule has 1 N–H and O–H groups in total. The van der Waals surface area contributed by atoms with Gasteiger partial charge in [-0.05, 0) is 63.4 Å². The summed E-state index contributed by atoms with van der Waals surface area (Å²) in [6.07, 6.45) is 2.32. The molecule has 1 heterocycles. The number of nitrogens with zero attached hydrogens (tertiary/aromatic N) is 2. The summed E-state index contributed by atoms with van der Waals surface area (Å²) in [7, 11) is 1.91. The smallest absolute Gasteiger partial charge is 0.407 e. The molecule has 1 aliphatic rings. The molecular formula is C27H37N3O3. The molecule has 0 radical (unpaired) electrons. The quantitative estimate of drug-likeness (QED) is 0.640. The highest BCUT2D eigenvalue weighted by Gasteiger charge is 2.25. The predicted octanol–water partition coefficient (Wildman–Crippen LogP) is 4.55. The molecule has 0 spiro atoms. The van der Waals surface area contributed by atoms with E-state index in [4.69, 9.17) is 4.74 Å². The number of likely N-dealkylation sites (tertiary alicyclic amines) is 1. The van der Waals surface area contributed by atoms with Crippen molar-refractivity contribution in [3.05, 3.63) is 71.3 Å². The molecule has 178 valence electrons. The highest BCUT2D eigenvalue weighted by atomic mass is 16.6. The fourth-order valence-corrected chi connectivity index (χ4v) is 4.15. The molecule has 1 fully saturated rings. The van der Waals surface area contributed by atoms with Crippen LogP contribution in [0.1, 0.15) is 56.3 Å². The van der Waals surface area contributed by atoms with Crippen LogP contribution in [0.5, 0.6) is 0 Å². The number of carbonyl (C=O) groups is 2. The number of nitrogens with one attached hydrogen (secondary N) is 1. The first-order valence-corrected chi connectivity index (χ1v) is 11.8. The van der Waals surface area contributed by atoms with Gasteiger partial charge in [0.2, 0.25) is 5.91 Å². The average Bonchev–Trinajstić information content (AvgIpc) is 3.29. The third kappa shape index (κ3) is 7.90. The molecular weight excluding hydrogens is 414 g/mol. The van der Waals surface area contributed by atoms with Crippen LogP contribution in [0.3, 0.4) is 0 Å². The number of alkyl carbamates (subject to hydrolysis) is 1. The van der Waals surface area contributed by atoms with Gasteiger partial charge < -0.3 is 19.9 Å². The largest absolute Gasteiger partial charge is 0.444 e. The van der Waals surface area contributed by atoms with Gasteiger partial charge in [0.05, 0.1) is 12.5 Å². The Bertz CT molecular complexity index is 918. The number of hydrogen-bond donors (Lipinski definition) is 1. The van der Waals surface area contributed by atoms with Gasteiger partial charge in [-0.3, -0.25) is 4.79 Å². The second-order valence-corrected chi connectivity index (χ2v) is 9.79. The maximum absolute atomic E-state index is 13.3. The average molecular weight is 452 g/mol. The van der Waals surface area contributed by atoms with Crippen molar-refractivity contribution in [2.75, 3.05) is 26.7 Å². The third-order valence-corrected chi connectivity index (χ3v) is 5.86. The Hall–Kier alpha value is -2.86. The summed E-state index contributed by atoms with van der Waals surface area (Å²) in [5.41, 5.74) is 2.50. The van der Waals surface area contributed by atoms with E-state index in [-0.39, 0.29) is 11.9 Å². The molecule has 2 amide bonds. The fourth-order valence-electron chi connectivity index (χ4n) is 4.15. The van der Waals surface area contributed by atoms with Crippen LogP contribution < -0.4 is 5.32 Å². The SMILES string of the molecule is CN(C(=O)Cc1cccc(CNC(=O)OC(C)(C)C)c1)C(CN1CCCC1)c1ccccc1. The van der Waals surface area contributed by atoms with Crippen LogP contribution in [0.15, 0.2) is 54.6 Å². The summed E-state index contributed by atoms with van der Waals surface area (Å²) < 4.78 is 5.29. The van der Waals surface area contributed by atoms with Gasteiger partial charge in [0.1, 0.15) is 5.60 Å². The van der Waals surface area contributed by atoms with Gasteiger partial charge in [0, 0.05) is 20.1 Å². The lowest BCUT2D eigenvalue weighted by atomic mass is 10.0. The summed E-state index contributed by atoms with van der Waals surface area (Å²) in [5.74, 6) is 0.0836. The zero-order chi connectivity index (χ0) is 23.8. The zero-order valence-corrected chi connectivity index (χ0v) is 20.3. The van der Waals surface area contributed by atoms with Crippen LogP contribution in [0.2, 0.25) is 0 Å².